The van der Waals surface area contributed by atoms with Gasteiger partial charge in [0.1, 0.15) is 5.75 Å². The van der Waals surface area contributed by atoms with Crippen LogP contribution in [0.2, 0.25) is 0 Å². The summed E-state index contributed by atoms with van der Waals surface area (Å²) in [7, 11) is 0. The van der Waals surface area contributed by atoms with Gasteiger partial charge in [0.2, 0.25) is 17.6 Å². The molecule has 7 nitrogen and oxygen atoms in total. The van der Waals surface area contributed by atoms with Crippen LogP contribution in [0.25, 0.3) is 11.4 Å². The number of rotatable bonds is 9. The van der Waals surface area contributed by atoms with Gasteiger partial charge < -0.3 is 14.6 Å². The fourth-order valence-electron chi connectivity index (χ4n) is 4.48. The molecule has 1 saturated heterocycles. The summed E-state index contributed by atoms with van der Waals surface area (Å²) in [5, 5.41) is 7.19. The van der Waals surface area contributed by atoms with E-state index in [9.17, 15) is 4.79 Å². The molecule has 2 heterocycles. The molecule has 0 radical (unpaired) electrons. The molecular formula is C29H29BrN4O3. The Bertz CT molecular complexity index is 1310. The van der Waals surface area contributed by atoms with E-state index in [1.165, 1.54) is 5.56 Å². The SMILES string of the molecule is O=C(Nc1cccc(OCCc2ccccc2)c1)C1CCCN(Cc2nc(-c3ccc(Br)cc3)no2)C1. The maximum absolute atomic E-state index is 13.1. The number of halogens is 1. The number of aromatic nitrogens is 2. The highest BCUT2D eigenvalue weighted by atomic mass is 79.9. The van der Waals surface area contributed by atoms with Gasteiger partial charge in [0.25, 0.3) is 0 Å². The number of benzene rings is 3. The van der Waals surface area contributed by atoms with Crippen molar-refractivity contribution in [3.05, 3.63) is 94.8 Å². The second kappa shape index (κ2) is 12.2. The van der Waals surface area contributed by atoms with Crippen LogP contribution in [0.5, 0.6) is 5.75 Å². The Morgan fingerprint density at radius 2 is 1.92 bits per heavy atom. The van der Waals surface area contributed by atoms with Gasteiger partial charge in [-0.15, -0.1) is 0 Å². The summed E-state index contributed by atoms with van der Waals surface area (Å²) >= 11 is 3.44. The lowest BCUT2D eigenvalue weighted by atomic mass is 9.97. The molecule has 0 bridgehead atoms. The number of anilines is 1. The smallest absolute Gasteiger partial charge is 0.241 e. The lowest BCUT2D eigenvalue weighted by Gasteiger charge is -2.30. The summed E-state index contributed by atoms with van der Waals surface area (Å²) in [6.07, 6.45) is 2.62. The van der Waals surface area contributed by atoms with Gasteiger partial charge in [0, 0.05) is 34.8 Å². The first-order chi connectivity index (χ1) is 18.1. The van der Waals surface area contributed by atoms with Gasteiger partial charge in [0.05, 0.1) is 19.1 Å². The number of carbonyl (C=O) groups excluding carboxylic acids is 1. The van der Waals surface area contributed by atoms with E-state index in [-0.39, 0.29) is 11.8 Å². The zero-order valence-electron chi connectivity index (χ0n) is 20.5. The Morgan fingerprint density at radius 1 is 1.08 bits per heavy atom. The lowest BCUT2D eigenvalue weighted by Crippen LogP contribution is -2.40. The van der Waals surface area contributed by atoms with Gasteiger partial charge in [-0.05, 0) is 61.3 Å². The summed E-state index contributed by atoms with van der Waals surface area (Å²) < 4.78 is 12.4. The maximum Gasteiger partial charge on any atom is 0.241 e. The van der Waals surface area contributed by atoms with E-state index in [1.807, 2.05) is 66.7 Å². The third-order valence-electron chi connectivity index (χ3n) is 6.41. The van der Waals surface area contributed by atoms with Gasteiger partial charge in [0.15, 0.2) is 0 Å². The molecule has 4 aromatic rings. The zero-order valence-corrected chi connectivity index (χ0v) is 22.1. The molecule has 0 saturated carbocycles. The summed E-state index contributed by atoms with van der Waals surface area (Å²) in [6, 6.07) is 25.6. The minimum atomic E-state index is -0.106. The predicted molar refractivity (Wildman–Crippen MR) is 146 cm³/mol. The quantitative estimate of drug-likeness (QED) is 0.271. The van der Waals surface area contributed by atoms with Crippen molar-refractivity contribution in [2.24, 2.45) is 5.92 Å². The predicted octanol–water partition coefficient (Wildman–Crippen LogP) is 5.97. The number of likely N-dealkylation sites (tertiary alicyclic amines) is 1. The first-order valence-electron chi connectivity index (χ1n) is 12.5. The average molecular weight is 561 g/mol. The molecule has 1 N–H and O–H groups in total. The summed E-state index contributed by atoms with van der Waals surface area (Å²) in [6.45, 7) is 2.65. The fourth-order valence-corrected chi connectivity index (χ4v) is 4.74. The highest BCUT2D eigenvalue weighted by Gasteiger charge is 2.27. The normalized spacial score (nSPS) is 15.9. The number of carbonyl (C=O) groups is 1. The zero-order chi connectivity index (χ0) is 25.5. The van der Waals surface area contributed by atoms with Crippen molar-refractivity contribution in [3.8, 4) is 17.1 Å². The van der Waals surface area contributed by atoms with Crippen LogP contribution in [-0.4, -0.2) is 40.6 Å². The van der Waals surface area contributed by atoms with Gasteiger partial charge in [-0.1, -0.05) is 57.5 Å². The minimum Gasteiger partial charge on any atom is -0.493 e. The molecule has 8 heteroatoms. The first kappa shape index (κ1) is 25.2. The Hall–Kier alpha value is -3.49. The molecule has 37 heavy (non-hydrogen) atoms. The molecule has 1 aliphatic rings. The molecular weight excluding hydrogens is 532 g/mol. The largest absolute Gasteiger partial charge is 0.493 e. The van der Waals surface area contributed by atoms with Gasteiger partial charge in [-0.2, -0.15) is 4.98 Å². The molecule has 0 aliphatic carbocycles. The molecule has 0 spiro atoms. The van der Waals surface area contributed by atoms with Gasteiger partial charge in [-0.3, -0.25) is 9.69 Å². The molecule has 1 aromatic heterocycles. The van der Waals surface area contributed by atoms with E-state index < -0.39 is 0 Å². The Labute approximate surface area is 225 Å². The Morgan fingerprint density at radius 3 is 2.76 bits per heavy atom. The Kier molecular flexibility index (Phi) is 8.28. The summed E-state index contributed by atoms with van der Waals surface area (Å²) in [4.78, 5) is 19.8. The van der Waals surface area contributed by atoms with E-state index in [0.717, 1.165) is 47.3 Å². The second-order valence-electron chi connectivity index (χ2n) is 9.19. The topological polar surface area (TPSA) is 80.5 Å². The minimum absolute atomic E-state index is 0.0206. The highest BCUT2D eigenvalue weighted by Crippen LogP contribution is 2.24. The third kappa shape index (κ3) is 7.05. The standard InChI is InChI=1S/C29H29BrN4O3/c30-24-13-11-22(12-14-24)28-32-27(37-33-28)20-34-16-5-8-23(19-34)29(35)31-25-9-4-10-26(18-25)36-17-15-21-6-2-1-3-7-21/h1-4,6-7,9-14,18,23H,5,8,15-17,19-20H2,(H,31,35). The molecule has 5 rings (SSSR count). The monoisotopic (exact) mass is 560 g/mol. The summed E-state index contributed by atoms with van der Waals surface area (Å²) in [5.74, 6) is 1.79. The number of hydrogen-bond acceptors (Lipinski definition) is 6. The molecule has 1 atom stereocenters. The lowest BCUT2D eigenvalue weighted by molar-refractivity contribution is -0.121. The number of piperidine rings is 1. The summed E-state index contributed by atoms with van der Waals surface area (Å²) in [5.41, 5.74) is 2.88. The molecule has 1 unspecified atom stereocenters. The Balaban J connectivity index is 1.12. The fraction of sp³-hybridized carbons (Fsp3) is 0.276. The van der Waals surface area contributed by atoms with Crippen molar-refractivity contribution in [1.82, 2.24) is 15.0 Å². The number of ether oxygens (including phenoxy) is 1. The average Bonchev–Trinajstić information content (AvgIpc) is 3.38. The van der Waals surface area contributed by atoms with E-state index in [1.54, 1.807) is 0 Å². The highest BCUT2D eigenvalue weighted by molar-refractivity contribution is 9.10. The van der Waals surface area contributed by atoms with E-state index in [0.29, 0.717) is 31.4 Å². The van der Waals surface area contributed by atoms with Crippen LogP contribution in [0.4, 0.5) is 5.69 Å². The maximum atomic E-state index is 13.1. The molecule has 3 aromatic carbocycles. The van der Waals surface area contributed by atoms with Crippen molar-refractivity contribution in [2.45, 2.75) is 25.8 Å². The van der Waals surface area contributed by atoms with E-state index in [2.05, 4.69) is 48.4 Å². The molecule has 1 amide bonds. The third-order valence-corrected chi connectivity index (χ3v) is 6.94. The van der Waals surface area contributed by atoms with E-state index >= 15 is 0 Å². The van der Waals surface area contributed by atoms with Crippen LogP contribution in [0.15, 0.2) is 87.9 Å². The molecule has 190 valence electrons. The van der Waals surface area contributed by atoms with Crippen molar-refractivity contribution in [2.75, 3.05) is 25.0 Å². The van der Waals surface area contributed by atoms with Crippen molar-refractivity contribution < 1.29 is 14.1 Å². The van der Waals surface area contributed by atoms with Crippen LogP contribution in [0, 0.1) is 5.92 Å². The van der Waals surface area contributed by atoms with Crippen LogP contribution in [0.1, 0.15) is 24.3 Å². The van der Waals surface area contributed by atoms with E-state index in [4.69, 9.17) is 9.26 Å². The number of hydrogen-bond donors (Lipinski definition) is 1. The van der Waals surface area contributed by atoms with Crippen molar-refractivity contribution in [3.63, 3.8) is 0 Å². The number of amides is 1. The van der Waals surface area contributed by atoms with Crippen LogP contribution < -0.4 is 10.1 Å². The van der Waals surface area contributed by atoms with Gasteiger partial charge >= 0.3 is 0 Å². The second-order valence-corrected chi connectivity index (χ2v) is 10.1. The van der Waals surface area contributed by atoms with Crippen molar-refractivity contribution in [1.29, 1.82) is 0 Å². The van der Waals surface area contributed by atoms with Crippen LogP contribution in [-0.2, 0) is 17.8 Å². The number of nitrogens with one attached hydrogen (secondary N) is 1. The molecule has 1 aliphatic heterocycles. The van der Waals surface area contributed by atoms with Crippen LogP contribution >= 0.6 is 15.9 Å². The first-order valence-corrected chi connectivity index (χ1v) is 13.3. The van der Waals surface area contributed by atoms with Crippen LogP contribution in [0.3, 0.4) is 0 Å². The molecule has 1 fully saturated rings. The van der Waals surface area contributed by atoms with Crippen molar-refractivity contribution >= 4 is 27.5 Å². The number of nitrogens with zero attached hydrogens (tertiary/aromatic N) is 3. The van der Waals surface area contributed by atoms with Gasteiger partial charge in [-0.25, -0.2) is 0 Å².